The van der Waals surface area contributed by atoms with E-state index in [4.69, 9.17) is 11.6 Å². The van der Waals surface area contributed by atoms with Gasteiger partial charge in [-0.3, -0.25) is 0 Å². The Labute approximate surface area is 156 Å². The van der Waals surface area contributed by atoms with Gasteiger partial charge in [0.2, 0.25) is 0 Å². The molecule has 0 saturated heterocycles. The van der Waals surface area contributed by atoms with Crippen molar-refractivity contribution < 1.29 is 8.42 Å². The van der Waals surface area contributed by atoms with Crippen LogP contribution >= 0.6 is 11.6 Å². The van der Waals surface area contributed by atoms with Crippen molar-refractivity contribution in [3.05, 3.63) is 83.4 Å². The van der Waals surface area contributed by atoms with E-state index in [2.05, 4.69) is 4.98 Å². The number of hydrogen-bond donors (Lipinski definition) is 0. The van der Waals surface area contributed by atoms with Gasteiger partial charge in [-0.2, -0.15) is 0 Å². The third kappa shape index (κ3) is 2.79. The molecule has 0 fully saturated rings. The van der Waals surface area contributed by atoms with Crippen LogP contribution in [0.15, 0.2) is 77.7 Å². The number of hydrogen-bond acceptors (Lipinski definition) is 3. The lowest BCUT2D eigenvalue weighted by Crippen LogP contribution is -2.14. The van der Waals surface area contributed by atoms with Gasteiger partial charge in [-0.25, -0.2) is 17.4 Å². The topological polar surface area (TPSA) is 52.0 Å². The number of aromatic nitrogens is 2. The monoisotopic (exact) mass is 382 g/mol. The summed E-state index contributed by atoms with van der Waals surface area (Å²) >= 11 is 6.11. The standard InChI is InChI=1S/C20H15ClN2O2S/c1-14-9-11-17(12-10-14)26(24,25)23-19-8-3-2-7-18(19)22-20(23)15-5-4-6-16(21)13-15/h2-13H,1H3. The van der Waals surface area contributed by atoms with Gasteiger partial charge in [0.1, 0.15) is 0 Å². The highest BCUT2D eigenvalue weighted by Crippen LogP contribution is 2.30. The van der Waals surface area contributed by atoms with Gasteiger partial charge in [-0.05, 0) is 43.3 Å². The maximum Gasteiger partial charge on any atom is 0.269 e. The molecule has 0 atom stereocenters. The van der Waals surface area contributed by atoms with E-state index in [0.717, 1.165) is 5.56 Å². The van der Waals surface area contributed by atoms with Crippen LogP contribution in [0.5, 0.6) is 0 Å². The summed E-state index contributed by atoms with van der Waals surface area (Å²) in [6.45, 7) is 1.92. The normalized spacial score (nSPS) is 11.8. The van der Waals surface area contributed by atoms with Crippen molar-refractivity contribution in [3.8, 4) is 11.4 Å². The first-order chi connectivity index (χ1) is 12.5. The number of imidazole rings is 1. The summed E-state index contributed by atoms with van der Waals surface area (Å²) in [5, 5.41) is 0.522. The predicted molar refractivity (Wildman–Crippen MR) is 104 cm³/mol. The Bertz CT molecular complexity index is 1210. The summed E-state index contributed by atoms with van der Waals surface area (Å²) < 4.78 is 28.1. The first-order valence-corrected chi connectivity index (χ1v) is 9.84. The molecule has 1 aromatic heterocycles. The number of rotatable bonds is 3. The number of nitrogens with zero attached hydrogens (tertiary/aromatic N) is 2. The fraction of sp³-hybridized carbons (Fsp3) is 0.0500. The number of benzene rings is 3. The molecule has 1 heterocycles. The molecular weight excluding hydrogens is 368 g/mol. The predicted octanol–water partition coefficient (Wildman–Crippen LogP) is 4.90. The average molecular weight is 383 g/mol. The first-order valence-electron chi connectivity index (χ1n) is 8.02. The molecule has 0 radical (unpaired) electrons. The van der Waals surface area contributed by atoms with Gasteiger partial charge in [0.15, 0.2) is 5.82 Å². The molecule has 4 nitrogen and oxygen atoms in total. The zero-order chi connectivity index (χ0) is 18.3. The zero-order valence-electron chi connectivity index (χ0n) is 13.9. The maximum atomic E-state index is 13.4. The summed E-state index contributed by atoms with van der Waals surface area (Å²) in [7, 11) is -3.82. The Balaban J connectivity index is 2.05. The van der Waals surface area contributed by atoms with Crippen LogP contribution in [0.3, 0.4) is 0 Å². The molecule has 4 aromatic rings. The molecule has 0 aliphatic rings. The minimum Gasteiger partial charge on any atom is -0.227 e. The van der Waals surface area contributed by atoms with Gasteiger partial charge in [0.25, 0.3) is 10.0 Å². The summed E-state index contributed by atoms with van der Waals surface area (Å²) in [4.78, 5) is 4.78. The van der Waals surface area contributed by atoms with Crippen molar-refractivity contribution in [2.75, 3.05) is 0 Å². The third-order valence-electron chi connectivity index (χ3n) is 4.16. The van der Waals surface area contributed by atoms with Crippen LogP contribution in [-0.4, -0.2) is 17.4 Å². The first kappa shape index (κ1) is 16.8. The second kappa shape index (κ2) is 6.27. The molecule has 0 N–H and O–H groups in total. The highest BCUT2D eigenvalue weighted by Gasteiger charge is 2.25. The average Bonchev–Trinajstić information content (AvgIpc) is 3.02. The van der Waals surface area contributed by atoms with Crippen molar-refractivity contribution in [2.45, 2.75) is 11.8 Å². The van der Waals surface area contributed by atoms with Crippen molar-refractivity contribution in [2.24, 2.45) is 0 Å². The van der Waals surface area contributed by atoms with Crippen LogP contribution in [0, 0.1) is 6.92 Å². The second-order valence-electron chi connectivity index (χ2n) is 6.02. The highest BCUT2D eigenvalue weighted by molar-refractivity contribution is 7.90. The minimum atomic E-state index is -3.82. The molecule has 0 unspecified atom stereocenters. The Morgan fingerprint density at radius 2 is 1.65 bits per heavy atom. The van der Waals surface area contributed by atoms with E-state index in [1.807, 2.05) is 13.0 Å². The van der Waals surface area contributed by atoms with Crippen LogP contribution < -0.4 is 0 Å². The van der Waals surface area contributed by atoms with Crippen molar-refractivity contribution in [3.63, 3.8) is 0 Å². The Morgan fingerprint density at radius 1 is 0.923 bits per heavy atom. The summed E-state index contributed by atoms with van der Waals surface area (Å²) in [5.41, 5.74) is 2.78. The van der Waals surface area contributed by atoms with E-state index in [1.54, 1.807) is 66.7 Å². The van der Waals surface area contributed by atoms with E-state index in [-0.39, 0.29) is 4.90 Å². The van der Waals surface area contributed by atoms with Crippen LogP contribution in [-0.2, 0) is 10.0 Å². The molecule has 0 aliphatic heterocycles. The molecular formula is C20H15ClN2O2S. The fourth-order valence-electron chi connectivity index (χ4n) is 2.87. The smallest absolute Gasteiger partial charge is 0.227 e. The van der Waals surface area contributed by atoms with Gasteiger partial charge >= 0.3 is 0 Å². The van der Waals surface area contributed by atoms with Gasteiger partial charge in [-0.1, -0.05) is 53.6 Å². The maximum absolute atomic E-state index is 13.4. The van der Waals surface area contributed by atoms with Crippen LogP contribution in [0.1, 0.15) is 5.56 Å². The highest BCUT2D eigenvalue weighted by atomic mass is 35.5. The van der Waals surface area contributed by atoms with E-state index in [1.165, 1.54) is 3.97 Å². The lowest BCUT2D eigenvalue weighted by Gasteiger charge is -2.11. The van der Waals surface area contributed by atoms with E-state index in [0.29, 0.717) is 27.4 Å². The Kier molecular flexibility index (Phi) is 4.05. The third-order valence-corrected chi connectivity index (χ3v) is 6.11. The SMILES string of the molecule is Cc1ccc(S(=O)(=O)n2c(-c3cccc(Cl)c3)nc3ccccc32)cc1. The van der Waals surface area contributed by atoms with E-state index >= 15 is 0 Å². The zero-order valence-corrected chi connectivity index (χ0v) is 15.5. The lowest BCUT2D eigenvalue weighted by atomic mass is 10.2. The summed E-state index contributed by atoms with van der Waals surface area (Å²) in [6.07, 6.45) is 0. The number of fused-ring (bicyclic) bond motifs is 1. The molecule has 0 spiro atoms. The quantitative estimate of drug-likeness (QED) is 0.506. The van der Waals surface area contributed by atoms with Crippen molar-refractivity contribution in [1.82, 2.24) is 8.96 Å². The summed E-state index contributed by atoms with van der Waals surface area (Å²) in [6, 6.07) is 21.0. The summed E-state index contributed by atoms with van der Waals surface area (Å²) in [5.74, 6) is 0.342. The van der Waals surface area contributed by atoms with Gasteiger partial charge in [0.05, 0.1) is 15.9 Å². The van der Waals surface area contributed by atoms with Crippen LogP contribution in [0.25, 0.3) is 22.4 Å². The van der Waals surface area contributed by atoms with Crippen molar-refractivity contribution >= 4 is 32.7 Å². The Hall–Kier alpha value is -2.63. The molecule has 0 bridgehead atoms. The molecule has 130 valence electrons. The second-order valence-corrected chi connectivity index (χ2v) is 8.24. The molecule has 26 heavy (non-hydrogen) atoms. The van der Waals surface area contributed by atoms with E-state index in [9.17, 15) is 8.42 Å². The molecule has 4 rings (SSSR count). The van der Waals surface area contributed by atoms with Crippen molar-refractivity contribution in [1.29, 1.82) is 0 Å². The molecule has 0 saturated carbocycles. The van der Waals surface area contributed by atoms with Crippen LogP contribution in [0.4, 0.5) is 0 Å². The number of para-hydroxylation sites is 2. The lowest BCUT2D eigenvalue weighted by molar-refractivity contribution is 0.589. The fourth-order valence-corrected chi connectivity index (χ4v) is 4.54. The molecule has 0 amide bonds. The largest absolute Gasteiger partial charge is 0.269 e. The van der Waals surface area contributed by atoms with Crippen LogP contribution in [0.2, 0.25) is 5.02 Å². The number of halogens is 1. The molecule has 6 heteroatoms. The molecule has 3 aromatic carbocycles. The Morgan fingerprint density at radius 3 is 2.38 bits per heavy atom. The minimum absolute atomic E-state index is 0.217. The van der Waals surface area contributed by atoms with Gasteiger partial charge in [0, 0.05) is 10.6 Å². The van der Waals surface area contributed by atoms with Gasteiger partial charge in [-0.15, -0.1) is 0 Å². The number of aryl methyl sites for hydroxylation is 1. The molecule has 0 aliphatic carbocycles. The van der Waals surface area contributed by atoms with E-state index < -0.39 is 10.0 Å². The van der Waals surface area contributed by atoms with Gasteiger partial charge < -0.3 is 0 Å².